The third-order valence-electron chi connectivity index (χ3n) is 4.00. The van der Waals surface area contributed by atoms with Crippen LogP contribution in [0.15, 0.2) is 30.7 Å². The molecule has 0 radical (unpaired) electrons. The molecule has 1 aliphatic heterocycles. The number of hydrogen-bond donors (Lipinski definition) is 1. The first-order valence-corrected chi connectivity index (χ1v) is 7.08. The Morgan fingerprint density at radius 3 is 2.95 bits per heavy atom. The highest BCUT2D eigenvalue weighted by Gasteiger charge is 2.20. The lowest BCUT2D eigenvalue weighted by Gasteiger charge is -2.32. The standard InChI is InChI=1S/C15H20N4O/c1-20-15-9-13(2-5-16-15)8-12-3-6-19(7-4-12)14-10-17-18-11-14/h2,5,9-12H,3-4,6-8H2,1H3,(H,17,18). The highest BCUT2D eigenvalue weighted by molar-refractivity contribution is 5.42. The van der Waals surface area contributed by atoms with Crippen molar-refractivity contribution in [2.45, 2.75) is 19.3 Å². The maximum atomic E-state index is 5.18. The van der Waals surface area contributed by atoms with Crippen LogP contribution in [-0.2, 0) is 6.42 Å². The zero-order valence-corrected chi connectivity index (χ0v) is 11.7. The second-order valence-electron chi connectivity index (χ2n) is 5.30. The van der Waals surface area contributed by atoms with Crippen molar-refractivity contribution in [1.82, 2.24) is 15.2 Å². The van der Waals surface area contributed by atoms with Gasteiger partial charge in [0.15, 0.2) is 0 Å². The number of aromatic nitrogens is 3. The minimum Gasteiger partial charge on any atom is -0.481 e. The number of piperidine rings is 1. The van der Waals surface area contributed by atoms with E-state index in [1.54, 1.807) is 7.11 Å². The minimum atomic E-state index is 0.707. The average Bonchev–Trinajstić information content (AvgIpc) is 3.02. The van der Waals surface area contributed by atoms with Gasteiger partial charge >= 0.3 is 0 Å². The summed E-state index contributed by atoms with van der Waals surface area (Å²) in [5.74, 6) is 1.45. The fraction of sp³-hybridized carbons (Fsp3) is 0.467. The van der Waals surface area contributed by atoms with Crippen molar-refractivity contribution in [1.29, 1.82) is 0 Å². The maximum Gasteiger partial charge on any atom is 0.213 e. The van der Waals surface area contributed by atoms with Crippen molar-refractivity contribution < 1.29 is 4.74 Å². The van der Waals surface area contributed by atoms with E-state index in [1.807, 2.05) is 24.7 Å². The van der Waals surface area contributed by atoms with E-state index in [4.69, 9.17) is 4.74 Å². The van der Waals surface area contributed by atoms with Crippen LogP contribution >= 0.6 is 0 Å². The molecule has 0 aromatic carbocycles. The molecule has 0 atom stereocenters. The SMILES string of the molecule is COc1cc(CC2CCN(c3cn[nH]c3)CC2)ccn1. The summed E-state index contributed by atoms with van der Waals surface area (Å²) in [6.07, 6.45) is 9.24. The summed E-state index contributed by atoms with van der Waals surface area (Å²) in [6, 6.07) is 4.13. The molecule has 1 aliphatic rings. The molecule has 1 N–H and O–H groups in total. The second kappa shape index (κ2) is 5.94. The summed E-state index contributed by atoms with van der Waals surface area (Å²) >= 11 is 0. The van der Waals surface area contributed by atoms with Crippen molar-refractivity contribution in [2.24, 2.45) is 5.92 Å². The zero-order chi connectivity index (χ0) is 13.8. The number of anilines is 1. The van der Waals surface area contributed by atoms with E-state index in [-0.39, 0.29) is 0 Å². The summed E-state index contributed by atoms with van der Waals surface area (Å²) in [4.78, 5) is 6.55. The van der Waals surface area contributed by atoms with Crippen molar-refractivity contribution in [3.8, 4) is 5.88 Å². The van der Waals surface area contributed by atoms with E-state index in [9.17, 15) is 0 Å². The number of nitrogens with one attached hydrogen (secondary N) is 1. The molecule has 106 valence electrons. The molecule has 0 amide bonds. The van der Waals surface area contributed by atoms with Crippen molar-refractivity contribution in [2.75, 3.05) is 25.1 Å². The zero-order valence-electron chi connectivity index (χ0n) is 11.7. The highest BCUT2D eigenvalue weighted by atomic mass is 16.5. The van der Waals surface area contributed by atoms with Crippen LogP contribution in [0.3, 0.4) is 0 Å². The monoisotopic (exact) mass is 272 g/mol. The van der Waals surface area contributed by atoms with Gasteiger partial charge in [-0.2, -0.15) is 5.10 Å². The van der Waals surface area contributed by atoms with Crippen LogP contribution in [0.2, 0.25) is 0 Å². The Morgan fingerprint density at radius 2 is 2.25 bits per heavy atom. The summed E-state index contributed by atoms with van der Waals surface area (Å²) in [6.45, 7) is 2.21. The van der Waals surface area contributed by atoms with Crippen molar-refractivity contribution in [3.63, 3.8) is 0 Å². The summed E-state index contributed by atoms with van der Waals surface area (Å²) < 4.78 is 5.18. The van der Waals surface area contributed by atoms with Crippen LogP contribution in [0, 0.1) is 5.92 Å². The fourth-order valence-electron chi connectivity index (χ4n) is 2.83. The lowest BCUT2D eigenvalue weighted by molar-refractivity contribution is 0.390. The van der Waals surface area contributed by atoms with E-state index in [2.05, 4.69) is 26.1 Å². The van der Waals surface area contributed by atoms with E-state index in [0.717, 1.165) is 25.4 Å². The third-order valence-corrected chi connectivity index (χ3v) is 4.00. The van der Waals surface area contributed by atoms with Gasteiger partial charge in [0.2, 0.25) is 5.88 Å². The number of methoxy groups -OCH3 is 1. The quantitative estimate of drug-likeness (QED) is 0.927. The Kier molecular flexibility index (Phi) is 3.85. The molecule has 5 nitrogen and oxygen atoms in total. The lowest BCUT2D eigenvalue weighted by Crippen LogP contribution is -2.34. The summed E-state index contributed by atoms with van der Waals surface area (Å²) in [5, 5.41) is 6.89. The molecule has 5 heteroatoms. The summed E-state index contributed by atoms with van der Waals surface area (Å²) in [7, 11) is 1.66. The molecule has 0 unspecified atom stereocenters. The molecular formula is C15H20N4O. The molecule has 2 aromatic heterocycles. The highest BCUT2D eigenvalue weighted by Crippen LogP contribution is 2.25. The molecule has 2 aromatic rings. The first-order chi connectivity index (χ1) is 9.85. The molecule has 0 spiro atoms. The number of H-pyrrole nitrogens is 1. The topological polar surface area (TPSA) is 54.0 Å². The largest absolute Gasteiger partial charge is 0.481 e. The van der Waals surface area contributed by atoms with Gasteiger partial charge in [0.1, 0.15) is 0 Å². The predicted octanol–water partition coefficient (Wildman–Crippen LogP) is 2.27. The third kappa shape index (κ3) is 2.92. The Labute approximate surface area is 119 Å². The maximum absolute atomic E-state index is 5.18. The van der Waals surface area contributed by atoms with Crippen molar-refractivity contribution >= 4 is 5.69 Å². The first-order valence-electron chi connectivity index (χ1n) is 7.08. The molecule has 0 aliphatic carbocycles. The first kappa shape index (κ1) is 13.0. The second-order valence-corrected chi connectivity index (χ2v) is 5.30. The van der Waals surface area contributed by atoms with Crippen LogP contribution in [0.4, 0.5) is 5.69 Å². The number of aromatic amines is 1. The minimum absolute atomic E-state index is 0.707. The number of ether oxygens (including phenoxy) is 1. The molecule has 1 fully saturated rings. The average molecular weight is 272 g/mol. The molecular weight excluding hydrogens is 252 g/mol. The lowest BCUT2D eigenvalue weighted by atomic mass is 9.90. The van der Waals surface area contributed by atoms with Crippen LogP contribution in [0.25, 0.3) is 0 Å². The number of nitrogens with zero attached hydrogens (tertiary/aromatic N) is 3. The number of pyridine rings is 1. The van der Waals surface area contributed by atoms with Crippen molar-refractivity contribution in [3.05, 3.63) is 36.3 Å². The molecule has 1 saturated heterocycles. The van der Waals surface area contributed by atoms with Gasteiger partial charge in [-0.1, -0.05) is 0 Å². The number of rotatable bonds is 4. The van der Waals surface area contributed by atoms with Gasteiger partial charge in [0.05, 0.1) is 19.0 Å². The smallest absolute Gasteiger partial charge is 0.213 e. The van der Waals surface area contributed by atoms with E-state index in [1.165, 1.54) is 24.1 Å². The molecule has 3 heterocycles. The molecule has 20 heavy (non-hydrogen) atoms. The molecule has 3 rings (SSSR count). The van der Waals surface area contributed by atoms with Crippen LogP contribution in [-0.4, -0.2) is 35.4 Å². The van der Waals surface area contributed by atoms with Gasteiger partial charge in [-0.15, -0.1) is 0 Å². The van der Waals surface area contributed by atoms with E-state index in [0.29, 0.717) is 5.88 Å². The Bertz CT molecular complexity index is 533. The van der Waals surface area contributed by atoms with Gasteiger partial charge in [-0.05, 0) is 36.8 Å². The molecule has 0 bridgehead atoms. The Balaban J connectivity index is 1.55. The van der Waals surface area contributed by atoms with Gasteiger partial charge < -0.3 is 9.64 Å². The number of hydrogen-bond acceptors (Lipinski definition) is 4. The predicted molar refractivity (Wildman–Crippen MR) is 78.0 cm³/mol. The Morgan fingerprint density at radius 1 is 1.40 bits per heavy atom. The van der Waals surface area contributed by atoms with Gasteiger partial charge in [0, 0.05) is 31.5 Å². The van der Waals surface area contributed by atoms with Gasteiger partial charge in [-0.25, -0.2) is 4.98 Å². The van der Waals surface area contributed by atoms with Gasteiger partial charge in [-0.3, -0.25) is 5.10 Å². The Hall–Kier alpha value is -2.04. The summed E-state index contributed by atoms with van der Waals surface area (Å²) in [5.41, 5.74) is 2.52. The fourth-order valence-corrected chi connectivity index (χ4v) is 2.83. The normalized spacial score (nSPS) is 16.4. The van der Waals surface area contributed by atoms with Gasteiger partial charge in [0.25, 0.3) is 0 Å². The van der Waals surface area contributed by atoms with E-state index >= 15 is 0 Å². The van der Waals surface area contributed by atoms with Crippen LogP contribution in [0.1, 0.15) is 18.4 Å². The molecule has 0 saturated carbocycles. The van der Waals surface area contributed by atoms with Crippen LogP contribution in [0.5, 0.6) is 5.88 Å². The van der Waals surface area contributed by atoms with E-state index < -0.39 is 0 Å². The van der Waals surface area contributed by atoms with Crippen LogP contribution < -0.4 is 9.64 Å².